The van der Waals surface area contributed by atoms with E-state index in [1.807, 2.05) is 0 Å². The second-order valence-corrected chi connectivity index (χ2v) is 3.62. The molecular formula is C11H22N2O. The van der Waals surface area contributed by atoms with Crippen LogP contribution in [0.2, 0.25) is 0 Å². The van der Waals surface area contributed by atoms with Gasteiger partial charge in [-0.1, -0.05) is 45.4 Å². The van der Waals surface area contributed by atoms with Crippen molar-refractivity contribution < 1.29 is 4.79 Å². The molecule has 0 aliphatic rings. The monoisotopic (exact) mass is 198 g/mol. The SMILES string of the molecule is CCCCCCCCCC(=O)C=NN. The van der Waals surface area contributed by atoms with Crippen molar-refractivity contribution in [1.29, 1.82) is 0 Å². The van der Waals surface area contributed by atoms with Crippen molar-refractivity contribution in [2.75, 3.05) is 0 Å². The number of nitrogens with zero attached hydrogens (tertiary/aromatic N) is 1. The van der Waals surface area contributed by atoms with Gasteiger partial charge < -0.3 is 5.84 Å². The minimum Gasteiger partial charge on any atom is -0.323 e. The van der Waals surface area contributed by atoms with Crippen LogP contribution < -0.4 is 5.84 Å². The van der Waals surface area contributed by atoms with Gasteiger partial charge in [0.2, 0.25) is 0 Å². The molecule has 14 heavy (non-hydrogen) atoms. The van der Waals surface area contributed by atoms with E-state index in [9.17, 15) is 4.79 Å². The molecule has 3 nitrogen and oxygen atoms in total. The number of hydrazone groups is 1. The van der Waals surface area contributed by atoms with Crippen molar-refractivity contribution in [2.24, 2.45) is 10.9 Å². The summed E-state index contributed by atoms with van der Waals surface area (Å²) in [4.78, 5) is 10.9. The van der Waals surface area contributed by atoms with Crippen LogP contribution in [0.5, 0.6) is 0 Å². The third-order valence-corrected chi connectivity index (χ3v) is 2.25. The maximum Gasteiger partial charge on any atom is 0.175 e. The molecule has 0 atom stereocenters. The minimum atomic E-state index is 0.0426. The summed E-state index contributed by atoms with van der Waals surface area (Å²) in [5, 5.41) is 3.20. The summed E-state index contributed by atoms with van der Waals surface area (Å²) in [6.07, 6.45) is 10.4. The molecule has 0 aromatic rings. The topological polar surface area (TPSA) is 55.5 Å². The molecule has 0 rings (SSSR count). The summed E-state index contributed by atoms with van der Waals surface area (Å²) in [6.45, 7) is 2.21. The summed E-state index contributed by atoms with van der Waals surface area (Å²) < 4.78 is 0. The van der Waals surface area contributed by atoms with E-state index in [1.54, 1.807) is 0 Å². The van der Waals surface area contributed by atoms with E-state index >= 15 is 0 Å². The third-order valence-electron chi connectivity index (χ3n) is 2.25. The molecule has 0 amide bonds. The number of nitrogens with two attached hydrogens (primary N) is 1. The van der Waals surface area contributed by atoms with E-state index < -0.39 is 0 Å². The predicted molar refractivity (Wildman–Crippen MR) is 60.3 cm³/mol. The lowest BCUT2D eigenvalue weighted by Crippen LogP contribution is -2.00. The number of Topliss-reactive ketones (excluding diaryl/α,β-unsaturated/α-hetero) is 1. The molecule has 2 N–H and O–H groups in total. The van der Waals surface area contributed by atoms with Crippen molar-refractivity contribution in [1.82, 2.24) is 0 Å². The molecule has 82 valence electrons. The number of rotatable bonds is 9. The van der Waals surface area contributed by atoms with Crippen LogP contribution in [0, 0.1) is 0 Å². The minimum absolute atomic E-state index is 0.0426. The van der Waals surface area contributed by atoms with E-state index in [1.165, 1.54) is 38.3 Å². The standard InChI is InChI=1S/C11H22N2O/c1-2-3-4-5-6-7-8-9-11(14)10-13-12/h10H,2-9,12H2,1H3. The van der Waals surface area contributed by atoms with Gasteiger partial charge in [-0.15, -0.1) is 0 Å². The highest BCUT2D eigenvalue weighted by molar-refractivity contribution is 6.27. The molecule has 0 aliphatic carbocycles. The Morgan fingerprint density at radius 3 is 2.29 bits per heavy atom. The molecule has 0 spiro atoms. The molecule has 0 aliphatic heterocycles. The van der Waals surface area contributed by atoms with Gasteiger partial charge in [-0.3, -0.25) is 4.79 Å². The number of carbonyl (C=O) groups is 1. The molecule has 0 fully saturated rings. The van der Waals surface area contributed by atoms with Crippen LogP contribution in [0.15, 0.2) is 5.10 Å². The quantitative estimate of drug-likeness (QED) is 0.268. The van der Waals surface area contributed by atoms with E-state index in [2.05, 4.69) is 12.0 Å². The van der Waals surface area contributed by atoms with E-state index in [-0.39, 0.29) is 5.78 Å². The molecule has 0 radical (unpaired) electrons. The maximum atomic E-state index is 10.9. The van der Waals surface area contributed by atoms with Crippen molar-refractivity contribution in [3.8, 4) is 0 Å². The molecule has 0 bridgehead atoms. The zero-order valence-electron chi connectivity index (χ0n) is 9.17. The molecule has 0 aromatic carbocycles. The Kier molecular flexibility index (Phi) is 9.59. The molecule has 3 heteroatoms. The zero-order chi connectivity index (χ0) is 10.6. The van der Waals surface area contributed by atoms with Gasteiger partial charge in [0, 0.05) is 6.42 Å². The molecule has 0 saturated carbocycles. The lowest BCUT2D eigenvalue weighted by molar-refractivity contribution is -0.112. The summed E-state index contributed by atoms with van der Waals surface area (Å²) in [7, 11) is 0. The Morgan fingerprint density at radius 1 is 1.14 bits per heavy atom. The van der Waals surface area contributed by atoms with Crippen LogP contribution in [0.25, 0.3) is 0 Å². The van der Waals surface area contributed by atoms with Gasteiger partial charge in [0.15, 0.2) is 5.78 Å². The fourth-order valence-electron chi connectivity index (χ4n) is 1.40. The average molecular weight is 198 g/mol. The van der Waals surface area contributed by atoms with Crippen molar-refractivity contribution in [3.05, 3.63) is 0 Å². The van der Waals surface area contributed by atoms with E-state index in [0.717, 1.165) is 12.8 Å². The third kappa shape index (κ3) is 9.23. The van der Waals surface area contributed by atoms with E-state index in [0.29, 0.717) is 6.42 Å². The second kappa shape index (κ2) is 10.2. The molecule has 0 saturated heterocycles. The first-order valence-corrected chi connectivity index (χ1v) is 5.57. The van der Waals surface area contributed by atoms with Gasteiger partial charge in [-0.05, 0) is 6.42 Å². The Morgan fingerprint density at radius 2 is 1.71 bits per heavy atom. The largest absolute Gasteiger partial charge is 0.323 e. The molecule has 0 aromatic heterocycles. The van der Waals surface area contributed by atoms with Crippen molar-refractivity contribution in [3.63, 3.8) is 0 Å². The number of carbonyl (C=O) groups excluding carboxylic acids is 1. The number of hydrogen-bond donors (Lipinski definition) is 1. The van der Waals surface area contributed by atoms with Crippen molar-refractivity contribution >= 4 is 12.0 Å². The van der Waals surface area contributed by atoms with Gasteiger partial charge >= 0.3 is 0 Å². The lowest BCUT2D eigenvalue weighted by Gasteiger charge is -1.99. The second-order valence-electron chi connectivity index (χ2n) is 3.62. The zero-order valence-corrected chi connectivity index (χ0v) is 9.17. The van der Waals surface area contributed by atoms with Crippen LogP contribution in [0.3, 0.4) is 0 Å². The first kappa shape index (κ1) is 13.1. The Bertz CT molecular complexity index is 167. The van der Waals surface area contributed by atoms with Crippen LogP contribution in [-0.4, -0.2) is 12.0 Å². The summed E-state index contributed by atoms with van der Waals surface area (Å²) in [5.41, 5.74) is 0. The highest BCUT2D eigenvalue weighted by Gasteiger charge is 1.97. The Labute approximate surface area is 86.8 Å². The van der Waals surface area contributed by atoms with Gasteiger partial charge in [-0.25, -0.2) is 0 Å². The first-order chi connectivity index (χ1) is 6.81. The number of unbranched alkanes of at least 4 members (excludes halogenated alkanes) is 6. The Balaban J connectivity index is 3.09. The van der Waals surface area contributed by atoms with Crippen LogP contribution in [0.1, 0.15) is 58.3 Å². The lowest BCUT2D eigenvalue weighted by atomic mass is 10.1. The van der Waals surface area contributed by atoms with Crippen LogP contribution >= 0.6 is 0 Å². The fraction of sp³-hybridized carbons (Fsp3) is 0.818. The van der Waals surface area contributed by atoms with Gasteiger partial charge in [-0.2, -0.15) is 5.10 Å². The maximum absolute atomic E-state index is 10.9. The molecular weight excluding hydrogens is 176 g/mol. The first-order valence-electron chi connectivity index (χ1n) is 5.57. The summed E-state index contributed by atoms with van der Waals surface area (Å²) >= 11 is 0. The number of ketones is 1. The Hall–Kier alpha value is -0.860. The van der Waals surface area contributed by atoms with Crippen LogP contribution in [-0.2, 0) is 4.79 Å². The molecule has 0 unspecified atom stereocenters. The highest BCUT2D eigenvalue weighted by atomic mass is 16.1. The normalized spacial score (nSPS) is 10.9. The summed E-state index contributed by atoms with van der Waals surface area (Å²) in [6, 6.07) is 0. The summed E-state index contributed by atoms with van der Waals surface area (Å²) in [5.74, 6) is 4.91. The highest BCUT2D eigenvalue weighted by Crippen LogP contribution is 2.08. The molecule has 0 heterocycles. The number of hydrogen-bond acceptors (Lipinski definition) is 3. The fourth-order valence-corrected chi connectivity index (χ4v) is 1.40. The van der Waals surface area contributed by atoms with E-state index in [4.69, 9.17) is 5.84 Å². The van der Waals surface area contributed by atoms with Gasteiger partial charge in [0.25, 0.3) is 0 Å². The average Bonchev–Trinajstić information content (AvgIpc) is 2.17. The van der Waals surface area contributed by atoms with Crippen molar-refractivity contribution in [2.45, 2.75) is 58.3 Å². The van der Waals surface area contributed by atoms with Crippen LogP contribution in [0.4, 0.5) is 0 Å². The van der Waals surface area contributed by atoms with Gasteiger partial charge in [0.1, 0.15) is 0 Å². The van der Waals surface area contributed by atoms with Gasteiger partial charge in [0.05, 0.1) is 6.21 Å². The smallest absolute Gasteiger partial charge is 0.175 e. The predicted octanol–water partition coefficient (Wildman–Crippen LogP) is 2.64.